The topological polar surface area (TPSA) is 113 Å². The number of thiazole rings is 1. The Kier molecular flexibility index (Phi) is 7.09. The van der Waals surface area contributed by atoms with Gasteiger partial charge in [0.05, 0.1) is 35.2 Å². The third-order valence-corrected chi connectivity index (χ3v) is 5.18. The normalized spacial score (nSPS) is 10.7. The molecule has 3 aromatic rings. The van der Waals surface area contributed by atoms with Crippen LogP contribution in [0, 0.1) is 6.92 Å². The minimum absolute atomic E-state index is 0.0329. The molecule has 0 spiro atoms. The van der Waals surface area contributed by atoms with Gasteiger partial charge in [0.2, 0.25) is 5.91 Å². The van der Waals surface area contributed by atoms with Crippen molar-refractivity contribution < 1.29 is 18.8 Å². The number of carbonyl (C=O) groups is 3. The molecule has 3 amide bonds. The molecule has 0 atom stereocenters. The van der Waals surface area contributed by atoms with Crippen molar-refractivity contribution in [2.24, 2.45) is 0 Å². The van der Waals surface area contributed by atoms with Gasteiger partial charge in [0.25, 0.3) is 11.8 Å². The fourth-order valence-electron chi connectivity index (χ4n) is 2.75. The zero-order valence-electron chi connectivity index (χ0n) is 17.1. The Hall–Kier alpha value is -3.17. The van der Waals surface area contributed by atoms with Gasteiger partial charge in [-0.15, -0.1) is 11.3 Å². The van der Waals surface area contributed by atoms with Gasteiger partial charge in [-0.2, -0.15) is 0 Å². The van der Waals surface area contributed by atoms with Gasteiger partial charge in [-0.05, 0) is 45.0 Å². The summed E-state index contributed by atoms with van der Waals surface area (Å²) in [5.74, 6) is -0.506. The van der Waals surface area contributed by atoms with Gasteiger partial charge in [-0.3, -0.25) is 19.7 Å². The van der Waals surface area contributed by atoms with Crippen LogP contribution in [0.15, 0.2) is 40.3 Å². The average Bonchev–Trinajstić information content (AvgIpc) is 3.29. The molecule has 8 nitrogen and oxygen atoms in total. The van der Waals surface area contributed by atoms with Crippen LogP contribution in [-0.4, -0.2) is 28.7 Å². The molecule has 0 aliphatic heterocycles. The number of halogens is 1. The molecule has 3 rings (SSSR count). The van der Waals surface area contributed by atoms with E-state index in [2.05, 4.69) is 20.9 Å². The maximum atomic E-state index is 12.5. The van der Waals surface area contributed by atoms with Crippen LogP contribution in [0.5, 0.6) is 0 Å². The van der Waals surface area contributed by atoms with Crippen LogP contribution in [0.3, 0.4) is 0 Å². The van der Waals surface area contributed by atoms with Gasteiger partial charge in [0.1, 0.15) is 5.76 Å². The van der Waals surface area contributed by atoms with Gasteiger partial charge < -0.3 is 15.1 Å². The molecule has 0 fully saturated rings. The lowest BCUT2D eigenvalue weighted by Gasteiger charge is -2.13. The minimum Gasteiger partial charge on any atom is -0.469 e. The summed E-state index contributed by atoms with van der Waals surface area (Å²) in [6.07, 6.45) is 1.41. The van der Waals surface area contributed by atoms with Crippen molar-refractivity contribution >= 4 is 51.5 Å². The summed E-state index contributed by atoms with van der Waals surface area (Å²) in [5.41, 5.74) is 1.53. The molecule has 0 aliphatic carbocycles. The number of rotatable bonds is 7. The van der Waals surface area contributed by atoms with E-state index in [1.807, 2.05) is 13.8 Å². The number of hydrogen-bond acceptors (Lipinski definition) is 6. The number of aromatic nitrogens is 1. The quantitative estimate of drug-likeness (QED) is 0.487. The first-order chi connectivity index (χ1) is 14.7. The lowest BCUT2D eigenvalue weighted by Crippen LogP contribution is -2.31. The number of hydrogen-bond donors (Lipinski definition) is 3. The monoisotopic (exact) mass is 460 g/mol. The van der Waals surface area contributed by atoms with Crippen LogP contribution in [0.1, 0.15) is 46.0 Å². The zero-order chi connectivity index (χ0) is 22.5. The van der Waals surface area contributed by atoms with Crippen molar-refractivity contribution in [3.63, 3.8) is 0 Å². The van der Waals surface area contributed by atoms with E-state index in [0.29, 0.717) is 38.4 Å². The van der Waals surface area contributed by atoms with Crippen molar-refractivity contribution in [1.82, 2.24) is 10.3 Å². The molecule has 2 heterocycles. The predicted octanol–water partition coefficient (Wildman–Crippen LogP) is 4.27. The number of nitrogens with one attached hydrogen (secondary N) is 3. The molecule has 162 valence electrons. The second-order valence-corrected chi connectivity index (χ2v) is 8.33. The minimum atomic E-state index is -0.366. The summed E-state index contributed by atoms with van der Waals surface area (Å²) in [6.45, 7) is 5.38. The van der Waals surface area contributed by atoms with E-state index < -0.39 is 0 Å². The summed E-state index contributed by atoms with van der Waals surface area (Å²) in [5, 5.41) is 10.6. The summed E-state index contributed by atoms with van der Waals surface area (Å²) < 4.78 is 5.13. The lowest BCUT2D eigenvalue weighted by molar-refractivity contribution is -0.115. The molecule has 3 N–H and O–H groups in total. The van der Waals surface area contributed by atoms with Gasteiger partial charge in [-0.1, -0.05) is 11.6 Å². The zero-order valence-corrected chi connectivity index (χ0v) is 18.7. The number of anilines is 2. The van der Waals surface area contributed by atoms with E-state index in [0.717, 1.165) is 0 Å². The molecule has 0 saturated carbocycles. The van der Waals surface area contributed by atoms with Crippen molar-refractivity contribution in [2.75, 3.05) is 10.6 Å². The molecule has 2 aromatic heterocycles. The maximum Gasteiger partial charge on any atom is 0.260 e. The van der Waals surface area contributed by atoms with Gasteiger partial charge in [0, 0.05) is 16.4 Å². The lowest BCUT2D eigenvalue weighted by atomic mass is 10.1. The Morgan fingerprint density at radius 1 is 1.13 bits per heavy atom. The molecule has 0 bridgehead atoms. The fraction of sp³-hybridized carbons (Fsp3) is 0.238. The number of aryl methyl sites for hydroxylation is 1. The highest BCUT2D eigenvalue weighted by Gasteiger charge is 2.17. The van der Waals surface area contributed by atoms with Crippen LogP contribution in [-0.2, 0) is 11.2 Å². The predicted molar refractivity (Wildman–Crippen MR) is 120 cm³/mol. The SMILES string of the molecule is Cc1occc1C(=O)Nc1nc(CC(=O)Nc2cc(Cl)ccc2C(=O)NC(C)C)cs1. The molecule has 0 unspecified atom stereocenters. The van der Waals surface area contributed by atoms with Crippen LogP contribution >= 0.6 is 22.9 Å². The second kappa shape index (κ2) is 9.76. The Labute approximate surface area is 188 Å². The van der Waals surface area contributed by atoms with E-state index in [9.17, 15) is 14.4 Å². The fourth-order valence-corrected chi connectivity index (χ4v) is 3.62. The molecule has 0 aliphatic rings. The molecule has 0 radical (unpaired) electrons. The molecular weight excluding hydrogens is 440 g/mol. The highest BCUT2D eigenvalue weighted by atomic mass is 35.5. The molecule has 0 saturated heterocycles. The van der Waals surface area contributed by atoms with E-state index in [4.69, 9.17) is 16.0 Å². The smallest absolute Gasteiger partial charge is 0.260 e. The van der Waals surface area contributed by atoms with Gasteiger partial charge in [0.15, 0.2) is 5.13 Å². The molecule has 1 aromatic carbocycles. The first kappa shape index (κ1) is 22.5. The number of carbonyl (C=O) groups excluding carboxylic acids is 3. The van der Waals surface area contributed by atoms with E-state index in [1.54, 1.807) is 30.5 Å². The first-order valence-electron chi connectivity index (χ1n) is 9.43. The summed E-state index contributed by atoms with van der Waals surface area (Å²) in [6, 6.07) is 6.19. The first-order valence-corrected chi connectivity index (χ1v) is 10.7. The van der Waals surface area contributed by atoms with Crippen molar-refractivity contribution in [3.8, 4) is 0 Å². The second-order valence-electron chi connectivity index (χ2n) is 7.03. The van der Waals surface area contributed by atoms with Crippen LogP contribution in [0.2, 0.25) is 5.02 Å². The Bertz CT molecular complexity index is 1120. The molecular formula is C21H21ClN4O4S. The Morgan fingerprint density at radius 2 is 1.90 bits per heavy atom. The number of furan rings is 1. The third-order valence-electron chi connectivity index (χ3n) is 4.14. The highest BCUT2D eigenvalue weighted by Crippen LogP contribution is 2.23. The Morgan fingerprint density at radius 3 is 2.58 bits per heavy atom. The van der Waals surface area contributed by atoms with Crippen LogP contribution < -0.4 is 16.0 Å². The van der Waals surface area contributed by atoms with Crippen molar-refractivity contribution in [3.05, 3.63) is 63.5 Å². The Balaban J connectivity index is 1.65. The van der Waals surface area contributed by atoms with Crippen molar-refractivity contribution in [2.45, 2.75) is 33.2 Å². The van der Waals surface area contributed by atoms with E-state index >= 15 is 0 Å². The van der Waals surface area contributed by atoms with Crippen LogP contribution in [0.25, 0.3) is 0 Å². The highest BCUT2D eigenvalue weighted by molar-refractivity contribution is 7.14. The summed E-state index contributed by atoms with van der Waals surface area (Å²) >= 11 is 7.24. The standard InChI is InChI=1S/C21H21ClN4O4S/c1-11(2)23-20(29)16-5-4-13(22)8-17(16)25-18(27)9-14-10-31-21(24-14)26-19(28)15-6-7-30-12(15)3/h4-8,10-11H,9H2,1-3H3,(H,23,29)(H,25,27)(H,24,26,28). The van der Waals surface area contributed by atoms with E-state index in [1.165, 1.54) is 23.7 Å². The number of amides is 3. The third kappa shape index (κ3) is 5.93. The molecule has 10 heteroatoms. The maximum absolute atomic E-state index is 12.5. The number of nitrogens with zero attached hydrogens (tertiary/aromatic N) is 1. The summed E-state index contributed by atoms with van der Waals surface area (Å²) in [4.78, 5) is 41.4. The van der Waals surface area contributed by atoms with Gasteiger partial charge >= 0.3 is 0 Å². The van der Waals surface area contributed by atoms with Crippen LogP contribution in [0.4, 0.5) is 10.8 Å². The number of benzene rings is 1. The largest absolute Gasteiger partial charge is 0.469 e. The molecule has 31 heavy (non-hydrogen) atoms. The van der Waals surface area contributed by atoms with Gasteiger partial charge in [-0.25, -0.2) is 4.98 Å². The summed E-state index contributed by atoms with van der Waals surface area (Å²) in [7, 11) is 0. The average molecular weight is 461 g/mol. The van der Waals surface area contributed by atoms with E-state index in [-0.39, 0.29) is 30.2 Å². The van der Waals surface area contributed by atoms with Crippen molar-refractivity contribution in [1.29, 1.82) is 0 Å².